The molecule has 0 aliphatic carbocycles. The molecule has 0 bridgehead atoms. The lowest BCUT2D eigenvalue weighted by Crippen LogP contribution is -2.22. The van der Waals surface area contributed by atoms with Crippen molar-refractivity contribution in [2.75, 3.05) is 13.2 Å². The van der Waals surface area contributed by atoms with E-state index in [1.807, 2.05) is 18.2 Å². The molecule has 0 spiro atoms. The van der Waals surface area contributed by atoms with Crippen molar-refractivity contribution in [3.8, 4) is 0 Å². The predicted octanol–water partition coefficient (Wildman–Crippen LogP) is 0.546. The summed E-state index contributed by atoms with van der Waals surface area (Å²) in [7, 11) is 0. The van der Waals surface area contributed by atoms with Gasteiger partial charge in [-0.3, -0.25) is 9.79 Å². The van der Waals surface area contributed by atoms with E-state index in [0.717, 1.165) is 10.9 Å². The Morgan fingerprint density at radius 1 is 1.38 bits per heavy atom. The summed E-state index contributed by atoms with van der Waals surface area (Å²) in [6, 6.07) is 3.57. The lowest BCUT2D eigenvalue weighted by Gasteiger charge is -2.09. The third kappa shape index (κ3) is 1.16. The highest BCUT2D eigenvalue weighted by Gasteiger charge is 2.29. The third-order valence-electron chi connectivity index (χ3n) is 2.92. The predicted molar refractivity (Wildman–Crippen MR) is 56.4 cm³/mol. The average molecular weight is 216 g/mol. The quantitative estimate of drug-likeness (QED) is 0.675. The Kier molecular flexibility index (Phi) is 1.96. The normalized spacial score (nSPS) is 21.1. The third-order valence-corrected chi connectivity index (χ3v) is 2.92. The molecule has 3 rings (SSSR count). The SMILES string of the molecule is O=C1N=c2ccc3c(c2C1CF)C=CCN=3. The molecule has 0 saturated carbocycles. The van der Waals surface area contributed by atoms with Crippen LogP contribution in [-0.4, -0.2) is 19.1 Å². The highest BCUT2D eigenvalue weighted by Crippen LogP contribution is 2.22. The second kappa shape index (κ2) is 3.33. The molecule has 0 aromatic heterocycles. The van der Waals surface area contributed by atoms with Crippen LogP contribution in [0.5, 0.6) is 0 Å². The number of hydrogen-bond acceptors (Lipinski definition) is 2. The van der Waals surface area contributed by atoms with Gasteiger partial charge < -0.3 is 0 Å². The summed E-state index contributed by atoms with van der Waals surface area (Å²) in [6.45, 7) is -0.0587. The highest BCUT2D eigenvalue weighted by atomic mass is 19.1. The smallest absolute Gasteiger partial charge is 0.256 e. The first-order chi connectivity index (χ1) is 7.81. The lowest BCUT2D eigenvalue weighted by atomic mass is 9.94. The minimum Gasteiger partial charge on any atom is -0.281 e. The molecule has 0 N–H and O–H groups in total. The number of alkyl halides is 1. The Bertz CT molecular complexity index is 619. The van der Waals surface area contributed by atoms with Crippen LogP contribution in [0.15, 0.2) is 28.2 Å². The van der Waals surface area contributed by atoms with Crippen LogP contribution in [0.1, 0.15) is 17.0 Å². The standard InChI is InChI=1S/C12H9FN2O/c13-6-8-11-7-2-1-5-14-9(7)3-4-10(11)15-12(8)16/h1-4,8H,5-6H2. The molecule has 16 heavy (non-hydrogen) atoms. The molecule has 1 amide bonds. The van der Waals surface area contributed by atoms with Gasteiger partial charge in [0.25, 0.3) is 5.91 Å². The maximum absolute atomic E-state index is 12.9. The second-order valence-corrected chi connectivity index (χ2v) is 3.83. The summed E-state index contributed by atoms with van der Waals surface area (Å²) >= 11 is 0. The fraction of sp³-hybridized carbons (Fsp3) is 0.250. The molecular formula is C12H9FN2O. The van der Waals surface area contributed by atoms with Gasteiger partial charge in [-0.2, -0.15) is 0 Å². The molecule has 2 aliphatic rings. The molecule has 1 aromatic carbocycles. The summed E-state index contributed by atoms with van der Waals surface area (Å²) in [5, 5.41) is 1.41. The molecular weight excluding hydrogens is 207 g/mol. The summed E-state index contributed by atoms with van der Waals surface area (Å²) in [6.07, 6.45) is 3.80. The monoisotopic (exact) mass is 216 g/mol. The minimum atomic E-state index is -0.733. The molecule has 1 aromatic rings. The van der Waals surface area contributed by atoms with Crippen LogP contribution in [0, 0.1) is 0 Å². The van der Waals surface area contributed by atoms with E-state index in [4.69, 9.17) is 0 Å². The first kappa shape index (κ1) is 9.39. The zero-order valence-corrected chi connectivity index (χ0v) is 8.48. The lowest BCUT2D eigenvalue weighted by molar-refractivity contribution is -0.119. The Hall–Kier alpha value is -1.84. The van der Waals surface area contributed by atoms with Gasteiger partial charge in [0.05, 0.1) is 23.2 Å². The van der Waals surface area contributed by atoms with E-state index in [2.05, 4.69) is 9.98 Å². The van der Waals surface area contributed by atoms with Crippen molar-refractivity contribution in [1.29, 1.82) is 0 Å². The number of rotatable bonds is 1. The van der Waals surface area contributed by atoms with Crippen LogP contribution in [0.4, 0.5) is 4.39 Å². The molecule has 4 heteroatoms. The Balaban J connectivity index is 2.36. The van der Waals surface area contributed by atoms with Crippen LogP contribution in [0.2, 0.25) is 0 Å². The minimum absolute atomic E-state index is 0.384. The molecule has 0 fully saturated rings. The number of nitrogens with zero attached hydrogens (tertiary/aromatic N) is 2. The topological polar surface area (TPSA) is 41.8 Å². The highest BCUT2D eigenvalue weighted by molar-refractivity contribution is 5.88. The van der Waals surface area contributed by atoms with Gasteiger partial charge in [-0.15, -0.1) is 0 Å². The van der Waals surface area contributed by atoms with Crippen molar-refractivity contribution in [2.24, 2.45) is 9.98 Å². The van der Waals surface area contributed by atoms with Crippen LogP contribution in [-0.2, 0) is 4.79 Å². The Morgan fingerprint density at radius 3 is 3.00 bits per heavy atom. The summed E-state index contributed by atoms with van der Waals surface area (Å²) < 4.78 is 12.9. The fourth-order valence-corrected chi connectivity index (χ4v) is 2.17. The maximum Gasteiger partial charge on any atom is 0.256 e. The molecule has 1 unspecified atom stereocenters. The van der Waals surface area contributed by atoms with E-state index >= 15 is 0 Å². The van der Waals surface area contributed by atoms with Gasteiger partial charge in [-0.1, -0.05) is 12.2 Å². The second-order valence-electron chi connectivity index (χ2n) is 3.83. The zero-order valence-electron chi connectivity index (χ0n) is 8.48. The molecule has 3 nitrogen and oxygen atoms in total. The molecule has 0 saturated heterocycles. The summed E-state index contributed by atoms with van der Waals surface area (Å²) in [4.78, 5) is 19.6. The summed E-state index contributed by atoms with van der Waals surface area (Å²) in [5.41, 5.74) is 1.55. The first-order valence-corrected chi connectivity index (χ1v) is 5.13. The Labute approximate surface area is 91.0 Å². The van der Waals surface area contributed by atoms with Crippen LogP contribution in [0.25, 0.3) is 6.08 Å². The number of fused-ring (bicyclic) bond motifs is 3. The van der Waals surface area contributed by atoms with Crippen molar-refractivity contribution in [1.82, 2.24) is 0 Å². The molecule has 2 heterocycles. The number of carbonyl (C=O) groups is 1. The maximum atomic E-state index is 12.9. The zero-order chi connectivity index (χ0) is 11.1. The van der Waals surface area contributed by atoms with Gasteiger partial charge in [-0.05, 0) is 12.1 Å². The number of amides is 1. The van der Waals surface area contributed by atoms with Gasteiger partial charge in [0.15, 0.2) is 0 Å². The van der Waals surface area contributed by atoms with E-state index in [0.29, 0.717) is 17.5 Å². The van der Waals surface area contributed by atoms with E-state index < -0.39 is 12.6 Å². The first-order valence-electron chi connectivity index (χ1n) is 5.13. The fourth-order valence-electron chi connectivity index (χ4n) is 2.17. The van der Waals surface area contributed by atoms with Crippen molar-refractivity contribution >= 4 is 12.0 Å². The van der Waals surface area contributed by atoms with Gasteiger partial charge in [-0.25, -0.2) is 9.38 Å². The van der Waals surface area contributed by atoms with E-state index in [1.165, 1.54) is 0 Å². The number of hydrogen-bond donors (Lipinski definition) is 0. The molecule has 80 valence electrons. The van der Waals surface area contributed by atoms with Crippen molar-refractivity contribution in [3.05, 3.63) is 40.1 Å². The molecule has 2 aliphatic heterocycles. The van der Waals surface area contributed by atoms with Crippen LogP contribution >= 0.6 is 0 Å². The van der Waals surface area contributed by atoms with Gasteiger partial charge >= 0.3 is 0 Å². The van der Waals surface area contributed by atoms with Gasteiger partial charge in [0.1, 0.15) is 6.67 Å². The van der Waals surface area contributed by atoms with Crippen molar-refractivity contribution in [3.63, 3.8) is 0 Å². The molecule has 0 radical (unpaired) electrons. The van der Waals surface area contributed by atoms with Crippen LogP contribution in [0.3, 0.4) is 0 Å². The van der Waals surface area contributed by atoms with Crippen LogP contribution < -0.4 is 10.7 Å². The van der Waals surface area contributed by atoms with Gasteiger partial charge in [0, 0.05) is 11.1 Å². The number of halogens is 1. The number of benzene rings is 1. The average Bonchev–Trinajstić information content (AvgIpc) is 2.65. The van der Waals surface area contributed by atoms with E-state index in [1.54, 1.807) is 6.07 Å². The summed E-state index contributed by atoms with van der Waals surface area (Å²) in [5.74, 6) is -1.12. The molecule has 1 atom stereocenters. The van der Waals surface area contributed by atoms with Crippen molar-refractivity contribution < 1.29 is 9.18 Å². The van der Waals surface area contributed by atoms with E-state index in [-0.39, 0.29) is 5.91 Å². The van der Waals surface area contributed by atoms with E-state index in [9.17, 15) is 9.18 Å². The largest absolute Gasteiger partial charge is 0.281 e. The Morgan fingerprint density at radius 2 is 2.19 bits per heavy atom. The van der Waals surface area contributed by atoms with Crippen molar-refractivity contribution in [2.45, 2.75) is 5.92 Å². The van der Waals surface area contributed by atoms with Gasteiger partial charge in [0.2, 0.25) is 0 Å². The number of carbonyl (C=O) groups excluding carboxylic acids is 1.